The summed E-state index contributed by atoms with van der Waals surface area (Å²) < 4.78 is 33.7. The first-order chi connectivity index (χ1) is 9.49. The van der Waals surface area contributed by atoms with Crippen LogP contribution in [0.4, 0.5) is 0 Å². The lowest BCUT2D eigenvalue weighted by molar-refractivity contribution is 0.208. The molecule has 0 aliphatic carbocycles. The molecule has 0 heterocycles. The summed E-state index contributed by atoms with van der Waals surface area (Å²) >= 11 is 0. The van der Waals surface area contributed by atoms with Gasteiger partial charge in [-0.3, -0.25) is 4.55 Å². The molecule has 20 heavy (non-hydrogen) atoms. The zero-order chi connectivity index (χ0) is 15.3. The number of aliphatic hydroxyl groups is 1. The maximum absolute atomic E-state index is 10.4. The molecule has 6 heteroatoms. The molecule has 0 bridgehead atoms. The van der Waals surface area contributed by atoms with Crippen molar-refractivity contribution >= 4 is 10.4 Å². The first-order valence-corrected chi connectivity index (χ1v) is 9.08. The van der Waals surface area contributed by atoms with Gasteiger partial charge in [-0.05, 0) is 18.8 Å². The number of hydrogen-bond acceptors (Lipinski definition) is 4. The van der Waals surface area contributed by atoms with Gasteiger partial charge in [0.25, 0.3) is 0 Å². The second kappa shape index (κ2) is 12.6. The highest BCUT2D eigenvalue weighted by Crippen LogP contribution is 2.18. The quantitative estimate of drug-likeness (QED) is 0.380. The summed E-state index contributed by atoms with van der Waals surface area (Å²) in [6.07, 6.45) is 10.9. The average molecular weight is 310 g/mol. The van der Waals surface area contributed by atoms with Gasteiger partial charge < -0.3 is 5.11 Å². The van der Waals surface area contributed by atoms with Crippen LogP contribution in [0.25, 0.3) is 0 Å². The van der Waals surface area contributed by atoms with Crippen molar-refractivity contribution in [1.82, 2.24) is 0 Å². The fourth-order valence-electron chi connectivity index (χ4n) is 2.33. The van der Waals surface area contributed by atoms with E-state index >= 15 is 0 Å². The van der Waals surface area contributed by atoms with Crippen LogP contribution in [-0.4, -0.2) is 31.3 Å². The highest BCUT2D eigenvalue weighted by Gasteiger charge is 2.11. The second-order valence-electron chi connectivity index (χ2n) is 5.33. The van der Waals surface area contributed by atoms with Crippen molar-refractivity contribution in [3.63, 3.8) is 0 Å². The SMILES string of the molecule is CCCCCCCCCC(CCO)CCOS(=O)(=O)O. The number of aliphatic hydroxyl groups excluding tert-OH is 1. The average Bonchev–Trinajstić information content (AvgIpc) is 2.36. The van der Waals surface area contributed by atoms with Crippen LogP contribution in [0.3, 0.4) is 0 Å². The monoisotopic (exact) mass is 310 g/mol. The highest BCUT2D eigenvalue weighted by molar-refractivity contribution is 7.80. The van der Waals surface area contributed by atoms with E-state index in [0.717, 1.165) is 12.8 Å². The van der Waals surface area contributed by atoms with Crippen LogP contribution in [0.2, 0.25) is 0 Å². The van der Waals surface area contributed by atoms with Gasteiger partial charge in [-0.2, -0.15) is 8.42 Å². The van der Waals surface area contributed by atoms with Gasteiger partial charge in [0.15, 0.2) is 0 Å². The first-order valence-electron chi connectivity index (χ1n) is 7.72. The van der Waals surface area contributed by atoms with Crippen LogP contribution >= 0.6 is 0 Å². The van der Waals surface area contributed by atoms with Gasteiger partial charge in [0.05, 0.1) is 6.61 Å². The molecule has 0 aliphatic heterocycles. The Kier molecular flexibility index (Phi) is 12.5. The van der Waals surface area contributed by atoms with Crippen LogP contribution in [0, 0.1) is 5.92 Å². The molecule has 122 valence electrons. The maximum atomic E-state index is 10.4. The van der Waals surface area contributed by atoms with Gasteiger partial charge >= 0.3 is 10.4 Å². The lowest BCUT2D eigenvalue weighted by atomic mass is 9.94. The third-order valence-electron chi connectivity index (χ3n) is 3.51. The van der Waals surface area contributed by atoms with E-state index in [2.05, 4.69) is 11.1 Å². The van der Waals surface area contributed by atoms with Crippen molar-refractivity contribution in [1.29, 1.82) is 0 Å². The Morgan fingerprint density at radius 3 is 2.10 bits per heavy atom. The minimum atomic E-state index is -4.34. The molecule has 0 saturated carbocycles. The predicted molar refractivity (Wildman–Crippen MR) is 79.9 cm³/mol. The number of hydrogen-bond donors (Lipinski definition) is 2. The molecule has 0 rings (SSSR count). The van der Waals surface area contributed by atoms with Crippen LogP contribution < -0.4 is 0 Å². The lowest BCUT2D eigenvalue weighted by Gasteiger charge is -2.15. The molecular weight excluding hydrogens is 280 g/mol. The summed E-state index contributed by atoms with van der Waals surface area (Å²) in [6.45, 7) is 2.29. The van der Waals surface area contributed by atoms with Crippen LogP contribution in [-0.2, 0) is 14.6 Å². The predicted octanol–water partition coefficient (Wildman–Crippen LogP) is 3.34. The van der Waals surface area contributed by atoms with Crippen molar-refractivity contribution in [3.8, 4) is 0 Å². The second-order valence-corrected chi connectivity index (χ2v) is 6.42. The lowest BCUT2D eigenvalue weighted by Crippen LogP contribution is -2.11. The zero-order valence-corrected chi connectivity index (χ0v) is 13.4. The maximum Gasteiger partial charge on any atom is 0.397 e. The number of unbranched alkanes of at least 4 members (excludes halogenated alkanes) is 6. The van der Waals surface area contributed by atoms with E-state index in [0.29, 0.717) is 12.8 Å². The highest BCUT2D eigenvalue weighted by atomic mass is 32.3. The van der Waals surface area contributed by atoms with Gasteiger partial charge in [-0.25, -0.2) is 4.18 Å². The minimum absolute atomic E-state index is 0.0139. The van der Waals surface area contributed by atoms with E-state index in [-0.39, 0.29) is 19.1 Å². The molecule has 0 aromatic heterocycles. The first kappa shape index (κ1) is 19.8. The third-order valence-corrected chi connectivity index (χ3v) is 3.98. The fourth-order valence-corrected chi connectivity index (χ4v) is 2.63. The van der Waals surface area contributed by atoms with Gasteiger partial charge in [0.1, 0.15) is 0 Å². The Morgan fingerprint density at radius 1 is 0.950 bits per heavy atom. The van der Waals surface area contributed by atoms with E-state index in [1.165, 1.54) is 38.5 Å². The van der Waals surface area contributed by atoms with E-state index in [9.17, 15) is 8.42 Å². The molecule has 0 amide bonds. The van der Waals surface area contributed by atoms with Crippen LogP contribution in [0.1, 0.15) is 71.1 Å². The summed E-state index contributed by atoms with van der Waals surface area (Å²) in [7, 11) is -4.34. The van der Waals surface area contributed by atoms with Gasteiger partial charge in [0.2, 0.25) is 0 Å². The van der Waals surface area contributed by atoms with Crippen LogP contribution in [0.15, 0.2) is 0 Å². The molecule has 0 radical (unpaired) electrons. The molecule has 5 nitrogen and oxygen atoms in total. The normalized spacial score (nSPS) is 13.6. The van der Waals surface area contributed by atoms with Gasteiger partial charge in [0, 0.05) is 6.61 Å². The topological polar surface area (TPSA) is 83.8 Å². The molecule has 0 spiro atoms. The van der Waals surface area contributed by atoms with Crippen LogP contribution in [0.5, 0.6) is 0 Å². The molecule has 0 aromatic carbocycles. The molecule has 0 saturated heterocycles. The molecule has 0 aliphatic rings. The summed E-state index contributed by atoms with van der Waals surface area (Å²) in [5, 5.41) is 8.99. The van der Waals surface area contributed by atoms with Crippen molar-refractivity contribution in [2.75, 3.05) is 13.2 Å². The van der Waals surface area contributed by atoms with Crippen molar-refractivity contribution in [3.05, 3.63) is 0 Å². The summed E-state index contributed by atoms with van der Waals surface area (Å²) in [5.74, 6) is 0.261. The van der Waals surface area contributed by atoms with E-state index in [4.69, 9.17) is 9.66 Å². The molecule has 1 atom stereocenters. The zero-order valence-electron chi connectivity index (χ0n) is 12.6. The van der Waals surface area contributed by atoms with Crippen molar-refractivity contribution in [2.24, 2.45) is 5.92 Å². The summed E-state index contributed by atoms with van der Waals surface area (Å²) in [6, 6.07) is 0. The summed E-state index contributed by atoms with van der Waals surface area (Å²) in [4.78, 5) is 0. The Hall–Kier alpha value is -0.170. The fraction of sp³-hybridized carbons (Fsp3) is 1.00. The Bertz CT molecular complexity index is 303. The molecule has 0 fully saturated rings. The van der Waals surface area contributed by atoms with Gasteiger partial charge in [-0.15, -0.1) is 0 Å². The molecule has 0 aromatic rings. The number of rotatable bonds is 14. The Morgan fingerprint density at radius 2 is 1.55 bits per heavy atom. The van der Waals surface area contributed by atoms with E-state index < -0.39 is 10.4 Å². The van der Waals surface area contributed by atoms with Crippen molar-refractivity contribution in [2.45, 2.75) is 71.1 Å². The van der Waals surface area contributed by atoms with E-state index in [1.54, 1.807) is 0 Å². The minimum Gasteiger partial charge on any atom is -0.396 e. The smallest absolute Gasteiger partial charge is 0.396 e. The Balaban J connectivity index is 3.64. The molecule has 2 N–H and O–H groups in total. The molecular formula is C14H30O5S. The van der Waals surface area contributed by atoms with Crippen molar-refractivity contribution < 1.29 is 22.3 Å². The third kappa shape index (κ3) is 14.2. The van der Waals surface area contributed by atoms with Gasteiger partial charge in [-0.1, -0.05) is 58.3 Å². The largest absolute Gasteiger partial charge is 0.397 e. The standard InChI is InChI=1S/C14H30O5S/c1-2-3-4-5-6-7-8-9-14(10-12-15)11-13-19-20(16,17)18/h14-15H,2-13H2,1H3,(H,16,17,18). The Labute approximate surface area is 123 Å². The van der Waals surface area contributed by atoms with E-state index in [1.807, 2.05) is 0 Å². The molecule has 1 unspecified atom stereocenters. The summed E-state index contributed by atoms with van der Waals surface area (Å²) in [5.41, 5.74) is 0.